The summed E-state index contributed by atoms with van der Waals surface area (Å²) in [4.78, 5) is 39.5. The molecular weight excluding hydrogens is 444 g/mol. The van der Waals surface area contributed by atoms with Crippen LogP contribution in [0.1, 0.15) is 51.2 Å². The van der Waals surface area contributed by atoms with E-state index in [1.807, 2.05) is 52.0 Å². The number of rotatable bonds is 5. The number of nitrogens with one attached hydrogen (secondary N) is 1. The van der Waals surface area contributed by atoms with Crippen molar-refractivity contribution in [2.45, 2.75) is 46.1 Å². The van der Waals surface area contributed by atoms with Crippen LogP contribution in [0, 0.1) is 17.3 Å². The predicted octanol–water partition coefficient (Wildman–Crippen LogP) is 4.51. The van der Waals surface area contributed by atoms with Gasteiger partial charge in [-0.25, -0.2) is 4.79 Å². The number of nitrogens with zero attached hydrogens (tertiary/aromatic N) is 1. The Balaban J connectivity index is 1.45. The van der Waals surface area contributed by atoms with E-state index in [0.717, 1.165) is 22.3 Å². The lowest BCUT2D eigenvalue weighted by atomic mass is 9.83. The van der Waals surface area contributed by atoms with Crippen LogP contribution >= 0.6 is 0 Å². The number of benzene rings is 2. The van der Waals surface area contributed by atoms with Gasteiger partial charge < -0.3 is 20.1 Å². The zero-order chi connectivity index (χ0) is 25.3. The molecule has 2 amide bonds. The average molecular weight is 479 g/mol. The third-order valence-corrected chi connectivity index (χ3v) is 7.31. The van der Waals surface area contributed by atoms with Gasteiger partial charge in [0.25, 0.3) is 0 Å². The quantitative estimate of drug-likeness (QED) is 0.659. The zero-order valence-corrected chi connectivity index (χ0v) is 20.8. The van der Waals surface area contributed by atoms with Crippen LogP contribution in [0.3, 0.4) is 0 Å². The van der Waals surface area contributed by atoms with Crippen LogP contribution in [0.2, 0.25) is 0 Å². The molecule has 0 aromatic heterocycles. The molecule has 4 rings (SSSR count). The number of carboxylic acid groups (broad SMARTS) is 1. The summed E-state index contributed by atoms with van der Waals surface area (Å²) in [6, 6.07) is 15.4. The molecule has 35 heavy (non-hydrogen) atoms. The molecule has 2 aromatic carbocycles. The van der Waals surface area contributed by atoms with Gasteiger partial charge in [0.05, 0.1) is 5.92 Å². The lowest BCUT2D eigenvalue weighted by molar-refractivity contribution is -0.149. The van der Waals surface area contributed by atoms with E-state index in [2.05, 4.69) is 29.6 Å². The largest absolute Gasteiger partial charge is 0.481 e. The van der Waals surface area contributed by atoms with Gasteiger partial charge in [-0.05, 0) is 40.0 Å². The second-order valence-corrected chi connectivity index (χ2v) is 10.8. The first kappa shape index (κ1) is 24.8. The van der Waals surface area contributed by atoms with Gasteiger partial charge >= 0.3 is 12.1 Å². The van der Waals surface area contributed by atoms with Crippen LogP contribution in [-0.2, 0) is 14.3 Å². The minimum absolute atomic E-state index is 0.000252. The summed E-state index contributed by atoms with van der Waals surface area (Å²) in [5, 5.41) is 12.3. The van der Waals surface area contributed by atoms with E-state index < -0.39 is 29.4 Å². The van der Waals surface area contributed by atoms with Gasteiger partial charge in [-0.3, -0.25) is 9.59 Å². The number of carboxylic acids is 1. The third-order valence-electron chi connectivity index (χ3n) is 7.31. The molecule has 1 heterocycles. The predicted molar refractivity (Wildman–Crippen MR) is 133 cm³/mol. The highest BCUT2D eigenvalue weighted by Crippen LogP contribution is 2.44. The average Bonchev–Trinajstić information content (AvgIpc) is 3.14. The standard InChI is InChI=1S/C28H34N2O5/c1-17-13-14-30(15-22(17)26(32)33)25(31)24(28(2,3)4)29-27(34)35-16-23-20-11-7-5-9-18(20)19-10-6-8-12-21(19)23/h5-12,17,22-24H,13-16H2,1-4H3,(H,29,34)(H,32,33). The number of hydrogen-bond acceptors (Lipinski definition) is 4. The highest BCUT2D eigenvalue weighted by molar-refractivity contribution is 5.87. The number of aliphatic carboxylic acids is 1. The van der Waals surface area contributed by atoms with Crippen molar-refractivity contribution in [3.8, 4) is 11.1 Å². The van der Waals surface area contributed by atoms with Crippen LogP contribution in [0.5, 0.6) is 0 Å². The molecule has 186 valence electrons. The zero-order valence-electron chi connectivity index (χ0n) is 20.8. The Morgan fingerprint density at radius 2 is 1.63 bits per heavy atom. The molecule has 1 fully saturated rings. The van der Waals surface area contributed by atoms with E-state index in [4.69, 9.17) is 4.74 Å². The first-order valence-electron chi connectivity index (χ1n) is 12.2. The van der Waals surface area contributed by atoms with Crippen molar-refractivity contribution >= 4 is 18.0 Å². The van der Waals surface area contributed by atoms with Gasteiger partial charge in [-0.1, -0.05) is 76.2 Å². The van der Waals surface area contributed by atoms with E-state index in [-0.39, 0.29) is 30.9 Å². The van der Waals surface area contributed by atoms with Crippen LogP contribution in [0.4, 0.5) is 4.79 Å². The molecule has 2 aromatic rings. The third kappa shape index (κ3) is 5.04. The smallest absolute Gasteiger partial charge is 0.407 e. The number of piperidine rings is 1. The summed E-state index contributed by atoms with van der Waals surface area (Å²) >= 11 is 0. The molecule has 0 spiro atoms. The van der Waals surface area contributed by atoms with Crippen LogP contribution < -0.4 is 5.32 Å². The monoisotopic (exact) mass is 478 g/mol. The van der Waals surface area contributed by atoms with Crippen molar-refractivity contribution < 1.29 is 24.2 Å². The Morgan fingerprint density at radius 1 is 1.06 bits per heavy atom. The van der Waals surface area contributed by atoms with Gasteiger partial charge in [0.2, 0.25) is 5.91 Å². The summed E-state index contributed by atoms with van der Waals surface area (Å²) in [6.45, 7) is 8.31. The van der Waals surface area contributed by atoms with E-state index in [1.165, 1.54) is 0 Å². The molecule has 0 saturated carbocycles. The van der Waals surface area contributed by atoms with Crippen molar-refractivity contribution in [3.05, 3.63) is 59.7 Å². The van der Waals surface area contributed by atoms with Crippen molar-refractivity contribution in [1.29, 1.82) is 0 Å². The maximum Gasteiger partial charge on any atom is 0.407 e. The van der Waals surface area contributed by atoms with E-state index >= 15 is 0 Å². The summed E-state index contributed by atoms with van der Waals surface area (Å²) in [6.07, 6.45) is -0.0369. The number of carbonyl (C=O) groups is 3. The first-order valence-corrected chi connectivity index (χ1v) is 12.2. The molecular formula is C28H34N2O5. The highest BCUT2D eigenvalue weighted by atomic mass is 16.5. The fourth-order valence-electron chi connectivity index (χ4n) is 5.18. The van der Waals surface area contributed by atoms with Crippen molar-refractivity contribution in [2.24, 2.45) is 17.3 Å². The van der Waals surface area contributed by atoms with E-state index in [9.17, 15) is 19.5 Å². The number of ether oxygens (including phenoxy) is 1. The van der Waals surface area contributed by atoms with Gasteiger partial charge in [-0.2, -0.15) is 0 Å². The Labute approximate surface area is 206 Å². The van der Waals surface area contributed by atoms with Crippen molar-refractivity contribution in [3.63, 3.8) is 0 Å². The second-order valence-electron chi connectivity index (χ2n) is 10.8. The van der Waals surface area contributed by atoms with Gasteiger partial charge in [-0.15, -0.1) is 0 Å². The van der Waals surface area contributed by atoms with Crippen molar-refractivity contribution in [1.82, 2.24) is 10.2 Å². The fraction of sp³-hybridized carbons (Fsp3) is 0.464. The fourth-order valence-corrected chi connectivity index (χ4v) is 5.18. The first-order chi connectivity index (χ1) is 16.6. The summed E-state index contributed by atoms with van der Waals surface area (Å²) < 4.78 is 5.66. The Morgan fingerprint density at radius 3 is 2.17 bits per heavy atom. The second kappa shape index (κ2) is 9.72. The number of carbonyl (C=O) groups excluding carboxylic acids is 2. The molecule has 7 heteroatoms. The molecule has 1 aliphatic carbocycles. The SMILES string of the molecule is CC1CCN(C(=O)C(NC(=O)OCC2c3ccccc3-c3ccccc32)C(C)(C)C)CC1C(=O)O. The van der Waals surface area contributed by atoms with Gasteiger partial charge in [0.15, 0.2) is 0 Å². The number of hydrogen-bond donors (Lipinski definition) is 2. The Kier molecular flexibility index (Phi) is 6.88. The van der Waals surface area contributed by atoms with E-state index in [0.29, 0.717) is 13.0 Å². The van der Waals surface area contributed by atoms with Crippen LogP contribution in [-0.4, -0.2) is 53.7 Å². The maximum atomic E-state index is 13.4. The lowest BCUT2D eigenvalue weighted by Gasteiger charge is -2.39. The molecule has 2 aliphatic rings. The van der Waals surface area contributed by atoms with Crippen molar-refractivity contribution in [2.75, 3.05) is 19.7 Å². The molecule has 7 nitrogen and oxygen atoms in total. The number of alkyl carbamates (subject to hydrolysis) is 1. The lowest BCUT2D eigenvalue weighted by Crippen LogP contribution is -2.57. The molecule has 0 radical (unpaired) electrons. The van der Waals surface area contributed by atoms with Gasteiger partial charge in [0, 0.05) is 19.0 Å². The molecule has 0 bridgehead atoms. The number of likely N-dealkylation sites (tertiary alicyclic amines) is 1. The number of fused-ring (bicyclic) bond motifs is 3. The summed E-state index contributed by atoms with van der Waals surface area (Å²) in [7, 11) is 0. The summed E-state index contributed by atoms with van der Waals surface area (Å²) in [5.41, 5.74) is 3.95. The van der Waals surface area contributed by atoms with E-state index in [1.54, 1.807) is 4.90 Å². The highest BCUT2D eigenvalue weighted by Gasteiger charge is 2.40. The molecule has 3 unspecified atom stereocenters. The van der Waals surface area contributed by atoms with Crippen LogP contribution in [0.25, 0.3) is 11.1 Å². The topological polar surface area (TPSA) is 95.9 Å². The minimum Gasteiger partial charge on any atom is -0.481 e. The maximum absolute atomic E-state index is 13.4. The number of amides is 2. The molecule has 1 aliphatic heterocycles. The Hall–Kier alpha value is -3.35. The minimum atomic E-state index is -0.896. The summed E-state index contributed by atoms with van der Waals surface area (Å²) in [5.74, 6) is -1.85. The van der Waals surface area contributed by atoms with Gasteiger partial charge in [0.1, 0.15) is 12.6 Å². The molecule has 2 N–H and O–H groups in total. The Bertz CT molecular complexity index is 1080. The normalized spacial score (nSPS) is 20.5. The molecule has 3 atom stereocenters. The molecule has 1 saturated heterocycles. The van der Waals surface area contributed by atoms with Crippen LogP contribution in [0.15, 0.2) is 48.5 Å².